The van der Waals surface area contributed by atoms with Gasteiger partial charge in [0.05, 0.1) is 19.1 Å². The van der Waals surface area contributed by atoms with Crippen molar-refractivity contribution in [2.45, 2.75) is 20.4 Å². The summed E-state index contributed by atoms with van der Waals surface area (Å²) in [5.41, 5.74) is 2.54. The number of fused-ring (bicyclic) bond motifs is 3. The molecule has 0 bridgehead atoms. The molecule has 0 aliphatic carbocycles. The van der Waals surface area contributed by atoms with Crippen molar-refractivity contribution in [3.8, 4) is 11.4 Å². The molecule has 0 fully saturated rings. The van der Waals surface area contributed by atoms with E-state index in [1.54, 1.807) is 24.2 Å². The summed E-state index contributed by atoms with van der Waals surface area (Å²) in [6, 6.07) is 11.2. The fraction of sp³-hybridized carbons (Fsp3) is 0.250. The number of methoxy groups -OCH3 is 1. The summed E-state index contributed by atoms with van der Waals surface area (Å²) in [7, 11) is 1.62. The first kappa shape index (κ1) is 16.3. The second-order valence-electron chi connectivity index (χ2n) is 6.70. The van der Waals surface area contributed by atoms with E-state index in [9.17, 15) is 4.79 Å². The lowest BCUT2D eigenvalue weighted by molar-refractivity contribution is 0.414. The highest BCUT2D eigenvalue weighted by Gasteiger charge is 2.18. The number of benzene rings is 1. The van der Waals surface area contributed by atoms with Gasteiger partial charge in [-0.1, -0.05) is 13.8 Å². The highest BCUT2D eigenvalue weighted by atomic mass is 16.5. The third kappa shape index (κ3) is 2.54. The Labute approximate surface area is 150 Å². The van der Waals surface area contributed by atoms with Crippen molar-refractivity contribution in [2.24, 2.45) is 5.92 Å². The predicted molar refractivity (Wildman–Crippen MR) is 102 cm³/mol. The van der Waals surface area contributed by atoms with Crippen LogP contribution in [0, 0.1) is 5.92 Å². The maximum absolute atomic E-state index is 13.4. The average Bonchev–Trinajstić information content (AvgIpc) is 3.06. The molecule has 0 saturated carbocycles. The molecule has 6 nitrogen and oxygen atoms in total. The highest BCUT2D eigenvalue weighted by Crippen LogP contribution is 2.24. The van der Waals surface area contributed by atoms with Crippen molar-refractivity contribution >= 4 is 22.1 Å². The number of hydrogen-bond donors (Lipinski definition) is 0. The molecule has 0 atom stereocenters. The molecular formula is C20H20N4O2. The molecule has 3 aromatic heterocycles. The van der Waals surface area contributed by atoms with Crippen LogP contribution in [0.1, 0.15) is 13.8 Å². The lowest BCUT2D eigenvalue weighted by Gasteiger charge is -2.13. The Morgan fingerprint density at radius 1 is 1.12 bits per heavy atom. The van der Waals surface area contributed by atoms with Gasteiger partial charge in [-0.25, -0.2) is 9.97 Å². The van der Waals surface area contributed by atoms with Gasteiger partial charge in [-0.05, 0) is 42.3 Å². The number of aromatic nitrogens is 4. The standard InChI is InChI=1S/C20H20N4O2/c1-13(2)11-23-12-22-17-16-5-4-10-21-19(16)24(20(25)18(17)23)14-6-8-15(26-3)9-7-14/h4-10,12-13H,11H2,1-3H3. The number of ether oxygens (including phenoxy) is 1. The number of nitrogens with zero attached hydrogens (tertiary/aromatic N) is 4. The lowest BCUT2D eigenvalue weighted by Crippen LogP contribution is -2.22. The fourth-order valence-electron chi connectivity index (χ4n) is 3.27. The summed E-state index contributed by atoms with van der Waals surface area (Å²) in [5, 5.41) is 0.862. The third-order valence-electron chi connectivity index (χ3n) is 4.39. The molecule has 26 heavy (non-hydrogen) atoms. The zero-order valence-electron chi connectivity index (χ0n) is 15.0. The summed E-state index contributed by atoms with van der Waals surface area (Å²) in [6.45, 7) is 4.98. The van der Waals surface area contributed by atoms with Crippen LogP contribution in [0.5, 0.6) is 5.75 Å². The van der Waals surface area contributed by atoms with Gasteiger partial charge in [0.2, 0.25) is 0 Å². The lowest BCUT2D eigenvalue weighted by atomic mass is 10.2. The third-order valence-corrected chi connectivity index (χ3v) is 4.39. The molecule has 6 heteroatoms. The van der Waals surface area contributed by atoms with Gasteiger partial charge in [0.1, 0.15) is 22.4 Å². The Hall–Kier alpha value is -3.15. The zero-order valence-corrected chi connectivity index (χ0v) is 15.0. The first-order valence-corrected chi connectivity index (χ1v) is 8.59. The molecule has 4 rings (SSSR count). The molecule has 0 aliphatic heterocycles. The minimum atomic E-state index is -0.116. The monoisotopic (exact) mass is 348 g/mol. The summed E-state index contributed by atoms with van der Waals surface area (Å²) in [4.78, 5) is 22.4. The Morgan fingerprint density at radius 3 is 2.58 bits per heavy atom. The second kappa shape index (κ2) is 6.29. The fourth-order valence-corrected chi connectivity index (χ4v) is 3.27. The van der Waals surface area contributed by atoms with Crippen LogP contribution in [-0.4, -0.2) is 26.2 Å². The van der Waals surface area contributed by atoms with Crippen LogP contribution in [0.4, 0.5) is 0 Å². The topological polar surface area (TPSA) is 61.9 Å². The van der Waals surface area contributed by atoms with E-state index in [1.165, 1.54) is 0 Å². The smallest absolute Gasteiger partial charge is 0.282 e. The summed E-state index contributed by atoms with van der Waals surface area (Å²) < 4.78 is 8.81. The van der Waals surface area contributed by atoms with E-state index in [-0.39, 0.29) is 5.56 Å². The molecular weight excluding hydrogens is 328 g/mol. The van der Waals surface area contributed by atoms with Gasteiger partial charge in [-0.2, -0.15) is 0 Å². The predicted octanol–water partition coefficient (Wildman–Crippen LogP) is 3.40. The molecule has 3 heterocycles. The normalized spacial score (nSPS) is 11.5. The molecule has 0 saturated heterocycles. The Morgan fingerprint density at radius 2 is 1.88 bits per heavy atom. The number of pyridine rings is 2. The van der Waals surface area contributed by atoms with Crippen molar-refractivity contribution in [3.05, 3.63) is 59.3 Å². The molecule has 1 aromatic carbocycles. The van der Waals surface area contributed by atoms with Gasteiger partial charge >= 0.3 is 0 Å². The maximum atomic E-state index is 13.4. The number of hydrogen-bond acceptors (Lipinski definition) is 4. The van der Waals surface area contributed by atoms with Gasteiger partial charge in [0.15, 0.2) is 0 Å². The van der Waals surface area contributed by atoms with Crippen LogP contribution in [0.15, 0.2) is 53.7 Å². The van der Waals surface area contributed by atoms with Gasteiger partial charge < -0.3 is 9.30 Å². The van der Waals surface area contributed by atoms with Crippen LogP contribution in [0.2, 0.25) is 0 Å². The van der Waals surface area contributed by atoms with E-state index in [1.807, 2.05) is 41.0 Å². The van der Waals surface area contributed by atoms with Crippen LogP contribution in [0.3, 0.4) is 0 Å². The van der Waals surface area contributed by atoms with Crippen molar-refractivity contribution in [3.63, 3.8) is 0 Å². The largest absolute Gasteiger partial charge is 0.497 e. The van der Waals surface area contributed by atoms with Crippen molar-refractivity contribution in [1.29, 1.82) is 0 Å². The van der Waals surface area contributed by atoms with E-state index < -0.39 is 0 Å². The van der Waals surface area contributed by atoms with Crippen LogP contribution in [0.25, 0.3) is 27.8 Å². The van der Waals surface area contributed by atoms with Crippen molar-refractivity contribution < 1.29 is 4.74 Å². The second-order valence-corrected chi connectivity index (χ2v) is 6.70. The van der Waals surface area contributed by atoms with Crippen LogP contribution < -0.4 is 10.3 Å². The summed E-state index contributed by atoms with van der Waals surface area (Å²) in [5.74, 6) is 1.15. The van der Waals surface area contributed by atoms with E-state index >= 15 is 0 Å². The van der Waals surface area contributed by atoms with Gasteiger partial charge in [-0.3, -0.25) is 9.36 Å². The van der Waals surface area contributed by atoms with Crippen LogP contribution in [-0.2, 0) is 6.54 Å². The molecule has 0 amide bonds. The average molecular weight is 348 g/mol. The van der Waals surface area contributed by atoms with Crippen molar-refractivity contribution in [2.75, 3.05) is 7.11 Å². The Balaban J connectivity index is 2.09. The van der Waals surface area contributed by atoms with Gasteiger partial charge in [0, 0.05) is 18.1 Å². The SMILES string of the molecule is COc1ccc(-n2c(=O)c3c(ncn3CC(C)C)c3cccnc32)cc1. The van der Waals surface area contributed by atoms with Crippen LogP contribution >= 0.6 is 0 Å². The molecule has 0 radical (unpaired) electrons. The van der Waals surface area contributed by atoms with Gasteiger partial charge in [0.25, 0.3) is 5.56 Å². The highest BCUT2D eigenvalue weighted by molar-refractivity contribution is 6.01. The molecule has 4 aromatic rings. The van der Waals surface area contributed by atoms with E-state index in [0.717, 1.165) is 23.4 Å². The summed E-state index contributed by atoms with van der Waals surface area (Å²) >= 11 is 0. The maximum Gasteiger partial charge on any atom is 0.282 e. The van der Waals surface area contributed by atoms with E-state index in [0.29, 0.717) is 22.6 Å². The minimum Gasteiger partial charge on any atom is -0.497 e. The molecule has 0 unspecified atom stereocenters. The van der Waals surface area contributed by atoms with E-state index in [4.69, 9.17) is 4.74 Å². The number of rotatable bonds is 4. The van der Waals surface area contributed by atoms with Gasteiger partial charge in [-0.15, -0.1) is 0 Å². The molecule has 0 aliphatic rings. The first-order chi connectivity index (χ1) is 12.6. The number of imidazole rings is 1. The van der Waals surface area contributed by atoms with E-state index in [2.05, 4.69) is 23.8 Å². The quantitative estimate of drug-likeness (QED) is 0.567. The minimum absolute atomic E-state index is 0.116. The first-order valence-electron chi connectivity index (χ1n) is 8.59. The molecule has 0 spiro atoms. The summed E-state index contributed by atoms with van der Waals surface area (Å²) in [6.07, 6.45) is 3.44. The van der Waals surface area contributed by atoms with Crippen molar-refractivity contribution in [1.82, 2.24) is 19.1 Å². The zero-order chi connectivity index (χ0) is 18.3. The molecule has 132 valence electrons. The Bertz CT molecular complexity index is 1140. The molecule has 0 N–H and O–H groups in total. The Kier molecular flexibility index (Phi) is 3.95.